The average Bonchev–Trinajstić information content (AvgIpc) is 2.51. The maximum atomic E-state index is 12.7. The first-order valence-corrected chi connectivity index (χ1v) is 8.16. The first-order chi connectivity index (χ1) is 11.2. The SMILES string of the molecule is O=[N+]([O-])c1cc(Br)c(O)c([C@H](CCC(F)(F)F)N2CCNCC2)c1. The van der Waals surface area contributed by atoms with Crippen LogP contribution in [0.25, 0.3) is 0 Å². The molecule has 1 aromatic rings. The van der Waals surface area contributed by atoms with Gasteiger partial charge in [0.1, 0.15) is 5.75 Å². The molecular formula is C14H17BrF3N3O3. The molecule has 10 heteroatoms. The number of phenols is 1. The number of benzene rings is 1. The predicted molar refractivity (Wildman–Crippen MR) is 84.9 cm³/mol. The van der Waals surface area contributed by atoms with Crippen LogP contribution < -0.4 is 5.32 Å². The summed E-state index contributed by atoms with van der Waals surface area (Å²) in [5, 5.41) is 24.4. The minimum Gasteiger partial charge on any atom is -0.506 e. The number of hydrogen-bond acceptors (Lipinski definition) is 5. The molecule has 1 aliphatic rings. The van der Waals surface area contributed by atoms with Crippen molar-refractivity contribution in [1.29, 1.82) is 0 Å². The number of halogens is 4. The van der Waals surface area contributed by atoms with Gasteiger partial charge in [-0.15, -0.1) is 0 Å². The Morgan fingerprint density at radius 3 is 2.54 bits per heavy atom. The smallest absolute Gasteiger partial charge is 0.389 e. The van der Waals surface area contributed by atoms with E-state index in [4.69, 9.17) is 0 Å². The Morgan fingerprint density at radius 1 is 1.38 bits per heavy atom. The number of phenolic OH excluding ortho intramolecular Hbond substituents is 1. The van der Waals surface area contributed by atoms with E-state index >= 15 is 0 Å². The number of non-ortho nitro benzene ring substituents is 1. The molecule has 1 aromatic carbocycles. The van der Waals surface area contributed by atoms with Crippen LogP contribution in [0.5, 0.6) is 5.75 Å². The van der Waals surface area contributed by atoms with Crippen molar-refractivity contribution in [1.82, 2.24) is 10.2 Å². The normalized spacial score (nSPS) is 17.7. The van der Waals surface area contributed by atoms with Crippen LogP contribution in [0.1, 0.15) is 24.4 Å². The largest absolute Gasteiger partial charge is 0.506 e. The van der Waals surface area contributed by atoms with Crippen molar-refractivity contribution >= 4 is 21.6 Å². The Kier molecular flexibility index (Phi) is 6.05. The number of alkyl halides is 3. The van der Waals surface area contributed by atoms with Crippen LogP contribution in [-0.2, 0) is 0 Å². The summed E-state index contributed by atoms with van der Waals surface area (Å²) in [6.45, 7) is 2.23. The van der Waals surface area contributed by atoms with E-state index in [1.54, 1.807) is 0 Å². The molecule has 0 saturated carbocycles. The van der Waals surface area contributed by atoms with Crippen LogP contribution in [0.4, 0.5) is 18.9 Å². The topological polar surface area (TPSA) is 78.6 Å². The van der Waals surface area contributed by atoms with Crippen molar-refractivity contribution in [3.8, 4) is 5.75 Å². The van der Waals surface area contributed by atoms with Crippen molar-refractivity contribution in [2.24, 2.45) is 0 Å². The summed E-state index contributed by atoms with van der Waals surface area (Å²) in [7, 11) is 0. The summed E-state index contributed by atoms with van der Waals surface area (Å²) in [6, 6.07) is 1.55. The molecule has 2 N–H and O–H groups in total. The van der Waals surface area contributed by atoms with Crippen molar-refractivity contribution < 1.29 is 23.2 Å². The molecule has 0 radical (unpaired) electrons. The van der Waals surface area contributed by atoms with E-state index in [0.717, 1.165) is 12.1 Å². The monoisotopic (exact) mass is 411 g/mol. The zero-order valence-electron chi connectivity index (χ0n) is 12.6. The van der Waals surface area contributed by atoms with Gasteiger partial charge in [0.25, 0.3) is 5.69 Å². The summed E-state index contributed by atoms with van der Waals surface area (Å²) in [6.07, 6.45) is -5.63. The summed E-state index contributed by atoms with van der Waals surface area (Å²) in [5.41, 5.74) is -0.135. The molecule has 0 bridgehead atoms. The zero-order chi connectivity index (χ0) is 17.9. The number of nitrogens with zero attached hydrogens (tertiary/aromatic N) is 2. The number of nitro benzene ring substituents is 1. The van der Waals surface area contributed by atoms with E-state index in [0.29, 0.717) is 26.2 Å². The summed E-state index contributed by atoms with van der Waals surface area (Å²) < 4.78 is 38.1. The van der Waals surface area contributed by atoms with Gasteiger partial charge in [-0.05, 0) is 22.4 Å². The predicted octanol–water partition coefficient (Wildman–Crippen LogP) is 3.35. The van der Waals surface area contributed by atoms with E-state index < -0.39 is 23.6 Å². The van der Waals surface area contributed by atoms with Gasteiger partial charge in [-0.3, -0.25) is 15.0 Å². The summed E-state index contributed by atoms with van der Waals surface area (Å²) >= 11 is 3.04. The Bertz CT molecular complexity index is 607. The van der Waals surface area contributed by atoms with Gasteiger partial charge in [0.2, 0.25) is 0 Å². The van der Waals surface area contributed by atoms with Crippen LogP contribution >= 0.6 is 15.9 Å². The lowest BCUT2D eigenvalue weighted by Gasteiger charge is -2.35. The number of nitrogens with one attached hydrogen (secondary N) is 1. The molecule has 0 unspecified atom stereocenters. The number of hydrogen-bond donors (Lipinski definition) is 2. The number of rotatable bonds is 5. The molecule has 1 heterocycles. The maximum Gasteiger partial charge on any atom is 0.389 e. The fraction of sp³-hybridized carbons (Fsp3) is 0.571. The lowest BCUT2D eigenvalue weighted by atomic mass is 9.97. The molecule has 24 heavy (non-hydrogen) atoms. The van der Waals surface area contributed by atoms with Gasteiger partial charge in [-0.1, -0.05) is 0 Å². The molecular weight excluding hydrogens is 395 g/mol. The second kappa shape index (κ2) is 7.66. The molecule has 0 amide bonds. The quantitative estimate of drug-likeness (QED) is 0.573. The van der Waals surface area contributed by atoms with Gasteiger partial charge in [0.05, 0.1) is 9.40 Å². The van der Waals surface area contributed by atoms with Crippen LogP contribution in [-0.4, -0.2) is 47.3 Å². The van der Waals surface area contributed by atoms with Crippen LogP contribution in [0.15, 0.2) is 16.6 Å². The molecule has 1 fully saturated rings. The number of piperazine rings is 1. The van der Waals surface area contributed by atoms with Crippen LogP contribution in [0, 0.1) is 10.1 Å². The zero-order valence-corrected chi connectivity index (χ0v) is 14.2. The van der Waals surface area contributed by atoms with Crippen molar-refractivity contribution in [2.45, 2.75) is 25.1 Å². The van der Waals surface area contributed by atoms with Gasteiger partial charge in [-0.2, -0.15) is 13.2 Å². The Balaban J connectivity index is 2.39. The fourth-order valence-corrected chi connectivity index (χ4v) is 3.26. The minimum atomic E-state index is -4.33. The fourth-order valence-electron chi connectivity index (χ4n) is 2.79. The molecule has 6 nitrogen and oxygen atoms in total. The van der Waals surface area contributed by atoms with Crippen molar-refractivity contribution in [3.05, 3.63) is 32.3 Å². The highest BCUT2D eigenvalue weighted by atomic mass is 79.9. The van der Waals surface area contributed by atoms with Crippen molar-refractivity contribution in [2.75, 3.05) is 26.2 Å². The molecule has 1 aliphatic heterocycles. The molecule has 1 saturated heterocycles. The van der Waals surface area contributed by atoms with E-state index in [-0.39, 0.29) is 27.9 Å². The summed E-state index contributed by atoms with van der Waals surface area (Å²) in [4.78, 5) is 12.2. The Morgan fingerprint density at radius 2 is 2.00 bits per heavy atom. The number of aromatic hydroxyl groups is 1. The van der Waals surface area contributed by atoms with Gasteiger partial charge >= 0.3 is 6.18 Å². The first kappa shape index (κ1) is 18.9. The van der Waals surface area contributed by atoms with E-state index in [2.05, 4.69) is 21.2 Å². The maximum absolute atomic E-state index is 12.7. The second-order valence-electron chi connectivity index (χ2n) is 5.58. The minimum absolute atomic E-state index is 0.0962. The molecule has 2 rings (SSSR count). The third-order valence-corrected chi connectivity index (χ3v) is 4.55. The Hall–Kier alpha value is -1.39. The standard InChI is InChI=1S/C14H17BrF3N3O3/c15-11-8-9(21(23)24)7-10(13(11)22)12(1-2-14(16,17)18)20-5-3-19-4-6-20/h7-8,12,19,22H,1-6H2/t12-/m0/s1. The van der Waals surface area contributed by atoms with Crippen LogP contribution in [0.2, 0.25) is 0 Å². The molecule has 0 spiro atoms. The lowest BCUT2D eigenvalue weighted by molar-refractivity contribution is -0.385. The molecule has 0 aromatic heterocycles. The van der Waals surface area contributed by atoms with E-state index in [9.17, 15) is 28.4 Å². The van der Waals surface area contributed by atoms with Gasteiger partial charge in [0, 0.05) is 56.3 Å². The highest BCUT2D eigenvalue weighted by Crippen LogP contribution is 2.41. The van der Waals surface area contributed by atoms with E-state index in [1.807, 2.05) is 4.90 Å². The Labute approximate surface area is 144 Å². The van der Waals surface area contributed by atoms with Gasteiger partial charge in [0.15, 0.2) is 0 Å². The highest BCUT2D eigenvalue weighted by Gasteiger charge is 2.33. The molecule has 1 atom stereocenters. The summed E-state index contributed by atoms with van der Waals surface area (Å²) in [5.74, 6) is -0.258. The molecule has 0 aliphatic carbocycles. The third kappa shape index (κ3) is 4.81. The first-order valence-electron chi connectivity index (χ1n) is 7.37. The van der Waals surface area contributed by atoms with Crippen molar-refractivity contribution in [3.63, 3.8) is 0 Å². The third-order valence-electron chi connectivity index (χ3n) is 3.94. The lowest BCUT2D eigenvalue weighted by Crippen LogP contribution is -2.45. The second-order valence-corrected chi connectivity index (χ2v) is 6.43. The van der Waals surface area contributed by atoms with Crippen LogP contribution in [0.3, 0.4) is 0 Å². The van der Waals surface area contributed by atoms with Gasteiger partial charge in [-0.25, -0.2) is 0 Å². The highest BCUT2D eigenvalue weighted by molar-refractivity contribution is 9.10. The average molecular weight is 412 g/mol. The van der Waals surface area contributed by atoms with E-state index in [1.165, 1.54) is 0 Å². The molecule has 134 valence electrons. The van der Waals surface area contributed by atoms with Gasteiger partial charge < -0.3 is 10.4 Å². The number of nitro groups is 1.